The van der Waals surface area contributed by atoms with E-state index in [1.54, 1.807) is 0 Å². The van der Waals surface area contributed by atoms with Crippen molar-refractivity contribution in [2.75, 3.05) is 0 Å². The maximum atomic E-state index is 13.3. The van der Waals surface area contributed by atoms with E-state index in [2.05, 4.69) is 25.3 Å². The minimum atomic E-state index is -4.72. The lowest BCUT2D eigenvalue weighted by Gasteiger charge is -2.04. The Labute approximate surface area is 115 Å². The van der Waals surface area contributed by atoms with Gasteiger partial charge in [-0.05, 0) is 12.1 Å². The topological polar surface area (TPSA) is 35.0 Å². The second kappa shape index (κ2) is 5.00. The standard InChI is InChI=1S/C9H2BrF5N2OS/c10-3-1-4(11)6(12)5(2-3)18-8-16-7(17-19-8)9(13,14)15/h1-2H. The Kier molecular flexibility index (Phi) is 3.72. The zero-order valence-corrected chi connectivity index (χ0v) is 11.0. The average molecular weight is 361 g/mol. The van der Waals surface area contributed by atoms with Crippen molar-refractivity contribution in [2.45, 2.75) is 6.18 Å². The van der Waals surface area contributed by atoms with Crippen LogP contribution in [0.4, 0.5) is 22.0 Å². The van der Waals surface area contributed by atoms with E-state index in [-0.39, 0.29) is 16.0 Å². The second-order valence-corrected chi connectivity index (χ2v) is 4.81. The van der Waals surface area contributed by atoms with Crippen LogP contribution in [-0.4, -0.2) is 9.36 Å². The minimum absolute atomic E-state index is 0.168. The lowest BCUT2D eigenvalue weighted by Crippen LogP contribution is -2.07. The summed E-state index contributed by atoms with van der Waals surface area (Å²) in [5, 5.41) is -0.538. The Morgan fingerprint density at radius 2 is 1.89 bits per heavy atom. The average Bonchev–Trinajstić information content (AvgIpc) is 2.73. The fourth-order valence-corrected chi connectivity index (χ4v) is 2.04. The zero-order chi connectivity index (χ0) is 14.2. The number of alkyl halides is 3. The minimum Gasteiger partial charge on any atom is -0.427 e. The van der Waals surface area contributed by atoms with Gasteiger partial charge < -0.3 is 4.74 Å². The summed E-state index contributed by atoms with van der Waals surface area (Å²) >= 11 is 3.18. The van der Waals surface area contributed by atoms with Gasteiger partial charge in [-0.25, -0.2) is 4.39 Å². The number of hydrogen-bond donors (Lipinski definition) is 0. The first-order chi connectivity index (χ1) is 8.77. The van der Waals surface area contributed by atoms with Crippen LogP contribution in [0.5, 0.6) is 10.9 Å². The molecule has 0 saturated carbocycles. The normalized spacial score (nSPS) is 11.7. The third kappa shape index (κ3) is 3.18. The Bertz CT molecular complexity index is 615. The molecule has 0 spiro atoms. The molecule has 0 saturated heterocycles. The van der Waals surface area contributed by atoms with Gasteiger partial charge in [0.15, 0.2) is 11.6 Å². The van der Waals surface area contributed by atoms with E-state index in [9.17, 15) is 22.0 Å². The number of benzene rings is 1. The van der Waals surface area contributed by atoms with Gasteiger partial charge in [-0.15, -0.1) is 0 Å². The molecule has 0 fully saturated rings. The van der Waals surface area contributed by atoms with Gasteiger partial charge in [0.2, 0.25) is 5.82 Å². The predicted octanol–water partition coefficient (Wildman–Crippen LogP) is 4.39. The smallest absolute Gasteiger partial charge is 0.427 e. The molecule has 2 rings (SSSR count). The molecular formula is C9H2BrF5N2OS. The highest BCUT2D eigenvalue weighted by Gasteiger charge is 2.36. The molecule has 1 heterocycles. The molecule has 2 aromatic rings. The molecule has 19 heavy (non-hydrogen) atoms. The van der Waals surface area contributed by atoms with Gasteiger partial charge in [0.05, 0.1) is 0 Å². The molecule has 0 amide bonds. The summed E-state index contributed by atoms with van der Waals surface area (Å²) in [7, 11) is 0. The summed E-state index contributed by atoms with van der Waals surface area (Å²) in [4.78, 5) is 3.03. The van der Waals surface area contributed by atoms with Crippen LogP contribution < -0.4 is 4.74 Å². The molecule has 0 atom stereocenters. The largest absolute Gasteiger partial charge is 0.452 e. The second-order valence-electron chi connectivity index (χ2n) is 3.18. The van der Waals surface area contributed by atoms with E-state index < -0.39 is 34.6 Å². The third-order valence-electron chi connectivity index (χ3n) is 1.82. The van der Waals surface area contributed by atoms with Crippen molar-refractivity contribution in [2.24, 2.45) is 0 Å². The first-order valence-electron chi connectivity index (χ1n) is 4.50. The number of ether oxygens (including phenoxy) is 1. The van der Waals surface area contributed by atoms with Crippen LogP contribution in [0, 0.1) is 11.6 Å². The highest BCUT2D eigenvalue weighted by molar-refractivity contribution is 9.10. The van der Waals surface area contributed by atoms with Crippen LogP contribution in [0.2, 0.25) is 0 Å². The van der Waals surface area contributed by atoms with Crippen molar-refractivity contribution >= 4 is 27.5 Å². The fraction of sp³-hybridized carbons (Fsp3) is 0.111. The molecule has 0 bridgehead atoms. The molecular weight excluding hydrogens is 359 g/mol. The number of nitrogens with zero attached hydrogens (tertiary/aromatic N) is 2. The number of hydrogen-bond acceptors (Lipinski definition) is 4. The van der Waals surface area contributed by atoms with Crippen molar-refractivity contribution in [3.05, 3.63) is 34.1 Å². The van der Waals surface area contributed by atoms with Gasteiger partial charge >= 0.3 is 6.18 Å². The highest BCUT2D eigenvalue weighted by atomic mass is 79.9. The molecule has 0 aliphatic rings. The maximum Gasteiger partial charge on any atom is 0.452 e. The van der Waals surface area contributed by atoms with Crippen molar-refractivity contribution < 1.29 is 26.7 Å². The van der Waals surface area contributed by atoms with E-state index in [1.165, 1.54) is 0 Å². The third-order valence-corrected chi connectivity index (χ3v) is 2.87. The Balaban J connectivity index is 2.29. The van der Waals surface area contributed by atoms with Crippen molar-refractivity contribution in [1.29, 1.82) is 0 Å². The number of aromatic nitrogens is 2. The lowest BCUT2D eigenvalue weighted by molar-refractivity contribution is -0.144. The molecule has 0 unspecified atom stereocenters. The van der Waals surface area contributed by atoms with Crippen molar-refractivity contribution in [3.8, 4) is 10.9 Å². The molecule has 3 nitrogen and oxygen atoms in total. The summed E-state index contributed by atoms with van der Waals surface area (Å²) < 4.78 is 71.0. The van der Waals surface area contributed by atoms with Crippen LogP contribution in [0.15, 0.2) is 16.6 Å². The Morgan fingerprint density at radius 3 is 2.47 bits per heavy atom. The number of halogens is 6. The Hall–Kier alpha value is -1.29. The fourth-order valence-electron chi connectivity index (χ4n) is 1.07. The first-order valence-corrected chi connectivity index (χ1v) is 6.07. The molecule has 1 aromatic carbocycles. The van der Waals surface area contributed by atoms with Crippen LogP contribution in [0.1, 0.15) is 5.82 Å². The summed E-state index contributed by atoms with van der Waals surface area (Å²) in [5.74, 6) is -4.52. The van der Waals surface area contributed by atoms with Gasteiger partial charge in [0.1, 0.15) is 0 Å². The molecule has 0 N–H and O–H groups in total. The van der Waals surface area contributed by atoms with E-state index in [0.717, 1.165) is 12.1 Å². The lowest BCUT2D eigenvalue weighted by atomic mass is 10.3. The number of rotatable bonds is 2. The van der Waals surface area contributed by atoms with Gasteiger partial charge in [-0.3, -0.25) is 0 Å². The first kappa shape index (κ1) is 14.1. The molecule has 0 aliphatic carbocycles. The molecule has 0 aliphatic heterocycles. The van der Waals surface area contributed by atoms with E-state index in [1.807, 2.05) is 0 Å². The van der Waals surface area contributed by atoms with Gasteiger partial charge in [0, 0.05) is 16.0 Å². The van der Waals surface area contributed by atoms with Gasteiger partial charge in [-0.2, -0.15) is 26.9 Å². The maximum absolute atomic E-state index is 13.3. The van der Waals surface area contributed by atoms with Crippen LogP contribution in [0.3, 0.4) is 0 Å². The Morgan fingerprint density at radius 1 is 1.21 bits per heavy atom. The summed E-state index contributed by atoms with van der Waals surface area (Å²) in [6, 6.07) is 1.91. The van der Waals surface area contributed by atoms with E-state index in [4.69, 9.17) is 4.74 Å². The predicted molar refractivity (Wildman–Crippen MR) is 59.0 cm³/mol. The van der Waals surface area contributed by atoms with Crippen molar-refractivity contribution in [1.82, 2.24) is 9.36 Å². The summed E-state index contributed by atoms with van der Waals surface area (Å²) in [6.45, 7) is 0. The molecule has 102 valence electrons. The van der Waals surface area contributed by atoms with E-state index >= 15 is 0 Å². The highest BCUT2D eigenvalue weighted by Crippen LogP contribution is 2.33. The van der Waals surface area contributed by atoms with Crippen LogP contribution in [-0.2, 0) is 6.18 Å². The quantitative estimate of drug-likeness (QED) is 0.588. The molecule has 1 aromatic heterocycles. The van der Waals surface area contributed by atoms with Crippen LogP contribution >= 0.6 is 27.5 Å². The molecule has 0 radical (unpaired) electrons. The SMILES string of the molecule is Fc1cc(Br)cc(Oc2nc(C(F)(F)F)ns2)c1F. The summed E-state index contributed by atoms with van der Waals surface area (Å²) in [6.07, 6.45) is -4.72. The molecule has 10 heteroatoms. The van der Waals surface area contributed by atoms with Gasteiger partial charge in [0.25, 0.3) is 11.0 Å². The van der Waals surface area contributed by atoms with Crippen molar-refractivity contribution in [3.63, 3.8) is 0 Å². The monoisotopic (exact) mass is 360 g/mol. The van der Waals surface area contributed by atoms with E-state index in [0.29, 0.717) is 0 Å². The van der Waals surface area contributed by atoms with Crippen LogP contribution in [0.25, 0.3) is 0 Å². The summed E-state index contributed by atoms with van der Waals surface area (Å²) in [5.41, 5.74) is 0. The van der Waals surface area contributed by atoms with Gasteiger partial charge in [-0.1, -0.05) is 15.9 Å². The zero-order valence-electron chi connectivity index (χ0n) is 8.63.